The molecule has 1 N–H and O–H groups in total. The van der Waals surface area contributed by atoms with Gasteiger partial charge in [-0.3, -0.25) is 14.9 Å². The molecule has 1 atom stereocenters. The van der Waals surface area contributed by atoms with Crippen LogP contribution in [0.4, 0.5) is 5.69 Å². The number of likely N-dealkylation sites (tertiary alicyclic amines) is 1. The number of carbonyl (C=O) groups is 1. The molecule has 1 amide bonds. The molecule has 0 radical (unpaired) electrons. The number of aliphatic hydroxyl groups excluding tert-OH is 1. The number of rotatable bonds is 4. The summed E-state index contributed by atoms with van der Waals surface area (Å²) in [6.45, 7) is 0.645. The van der Waals surface area contributed by atoms with Crippen LogP contribution in [-0.4, -0.2) is 40.0 Å². The smallest absolute Gasteiger partial charge is 0.299 e. The van der Waals surface area contributed by atoms with Crippen molar-refractivity contribution in [3.8, 4) is 0 Å². The number of hydrogen-bond donors (Lipinski definition) is 1. The Labute approximate surface area is 125 Å². The Morgan fingerprint density at radius 2 is 2.35 bits per heavy atom. The number of piperidine rings is 1. The summed E-state index contributed by atoms with van der Waals surface area (Å²) in [4.78, 5) is 24.6. The lowest BCUT2D eigenvalue weighted by molar-refractivity contribution is -0.384. The quantitative estimate of drug-likeness (QED) is 0.683. The van der Waals surface area contributed by atoms with Gasteiger partial charge in [-0.15, -0.1) is 11.3 Å². The Morgan fingerprint density at radius 1 is 1.60 bits per heavy atom. The normalized spacial score (nSPS) is 19.1. The van der Waals surface area contributed by atoms with Crippen LogP contribution in [0.15, 0.2) is 6.07 Å². The molecule has 8 heteroatoms. The van der Waals surface area contributed by atoms with E-state index in [-0.39, 0.29) is 33.5 Å². The third-order valence-corrected chi connectivity index (χ3v) is 4.75. The number of nitrogens with zero attached hydrogens (tertiary/aromatic N) is 2. The zero-order valence-corrected chi connectivity index (χ0v) is 12.3. The SMILES string of the molecule is O=C(c1cc([N+](=O)[O-])c(Cl)s1)N1CCCCC1CCO. The van der Waals surface area contributed by atoms with Gasteiger partial charge in [0.15, 0.2) is 4.34 Å². The van der Waals surface area contributed by atoms with Gasteiger partial charge in [0.05, 0.1) is 4.92 Å². The molecule has 1 aliphatic rings. The molecule has 6 nitrogen and oxygen atoms in total. The molecule has 0 spiro atoms. The van der Waals surface area contributed by atoms with E-state index in [1.165, 1.54) is 6.07 Å². The highest BCUT2D eigenvalue weighted by Crippen LogP contribution is 2.35. The van der Waals surface area contributed by atoms with E-state index in [1.807, 2.05) is 0 Å². The highest BCUT2D eigenvalue weighted by molar-refractivity contribution is 7.18. The van der Waals surface area contributed by atoms with E-state index in [0.29, 0.717) is 13.0 Å². The molecule has 110 valence electrons. The largest absolute Gasteiger partial charge is 0.396 e. The van der Waals surface area contributed by atoms with Gasteiger partial charge in [0.1, 0.15) is 4.88 Å². The van der Waals surface area contributed by atoms with Crippen LogP contribution in [0.5, 0.6) is 0 Å². The zero-order chi connectivity index (χ0) is 14.7. The van der Waals surface area contributed by atoms with Gasteiger partial charge < -0.3 is 10.0 Å². The lowest BCUT2D eigenvalue weighted by atomic mass is 9.99. The molecular formula is C12H15ClN2O4S. The Bertz CT molecular complexity index is 518. The maximum atomic E-state index is 12.4. The highest BCUT2D eigenvalue weighted by Gasteiger charge is 2.30. The molecular weight excluding hydrogens is 304 g/mol. The number of nitro groups is 1. The molecule has 2 rings (SSSR count). The first-order valence-corrected chi connectivity index (χ1v) is 7.59. The predicted molar refractivity (Wildman–Crippen MR) is 76.4 cm³/mol. The first-order valence-electron chi connectivity index (χ1n) is 6.40. The van der Waals surface area contributed by atoms with Crippen LogP contribution in [0, 0.1) is 10.1 Å². The van der Waals surface area contributed by atoms with Gasteiger partial charge in [0.2, 0.25) is 0 Å². The second-order valence-electron chi connectivity index (χ2n) is 4.69. The van der Waals surface area contributed by atoms with Crippen molar-refractivity contribution in [2.75, 3.05) is 13.2 Å². The number of thiophene rings is 1. The number of hydrogen-bond acceptors (Lipinski definition) is 5. The van der Waals surface area contributed by atoms with Gasteiger partial charge in [-0.25, -0.2) is 0 Å². The average molecular weight is 319 g/mol. The van der Waals surface area contributed by atoms with Crippen molar-refractivity contribution in [2.45, 2.75) is 31.7 Å². The van der Waals surface area contributed by atoms with Crippen molar-refractivity contribution in [2.24, 2.45) is 0 Å². The summed E-state index contributed by atoms with van der Waals surface area (Å²) in [6.07, 6.45) is 3.33. The van der Waals surface area contributed by atoms with Crippen molar-refractivity contribution in [1.82, 2.24) is 4.90 Å². The number of amides is 1. The Hall–Kier alpha value is -1.18. The maximum absolute atomic E-state index is 12.4. The molecule has 20 heavy (non-hydrogen) atoms. The molecule has 0 bridgehead atoms. The number of aliphatic hydroxyl groups is 1. The molecule has 2 heterocycles. The van der Waals surface area contributed by atoms with Crippen LogP contribution in [0.1, 0.15) is 35.4 Å². The van der Waals surface area contributed by atoms with Crippen LogP contribution in [0.25, 0.3) is 0 Å². The topological polar surface area (TPSA) is 83.7 Å². The highest BCUT2D eigenvalue weighted by atomic mass is 35.5. The summed E-state index contributed by atoms with van der Waals surface area (Å²) in [7, 11) is 0. The fraction of sp³-hybridized carbons (Fsp3) is 0.583. The second-order valence-corrected chi connectivity index (χ2v) is 6.34. The van der Waals surface area contributed by atoms with Crippen molar-refractivity contribution >= 4 is 34.5 Å². The predicted octanol–water partition coefficient (Wildman–Crippen LogP) is 2.69. The van der Waals surface area contributed by atoms with E-state index >= 15 is 0 Å². The minimum atomic E-state index is -0.586. The first kappa shape index (κ1) is 15.2. The van der Waals surface area contributed by atoms with Crippen molar-refractivity contribution in [3.05, 3.63) is 25.4 Å². The summed E-state index contributed by atoms with van der Waals surface area (Å²) in [5, 5.41) is 19.8. The van der Waals surface area contributed by atoms with E-state index in [2.05, 4.69) is 0 Å². The van der Waals surface area contributed by atoms with Crippen molar-refractivity contribution < 1.29 is 14.8 Å². The van der Waals surface area contributed by atoms with E-state index in [0.717, 1.165) is 30.6 Å². The zero-order valence-electron chi connectivity index (χ0n) is 10.7. The van der Waals surface area contributed by atoms with Gasteiger partial charge in [0, 0.05) is 25.3 Å². The maximum Gasteiger partial charge on any atom is 0.299 e. The monoisotopic (exact) mass is 318 g/mol. The van der Waals surface area contributed by atoms with E-state index in [1.54, 1.807) is 4.90 Å². The second kappa shape index (κ2) is 6.51. The van der Waals surface area contributed by atoms with Gasteiger partial charge >= 0.3 is 0 Å². The molecule has 0 aliphatic carbocycles. The van der Waals surface area contributed by atoms with Crippen molar-refractivity contribution in [1.29, 1.82) is 0 Å². The Balaban J connectivity index is 2.20. The van der Waals surface area contributed by atoms with Gasteiger partial charge in [-0.05, 0) is 25.7 Å². The summed E-state index contributed by atoms with van der Waals surface area (Å²) in [6, 6.07) is 1.24. The Morgan fingerprint density at radius 3 is 2.95 bits per heavy atom. The lowest BCUT2D eigenvalue weighted by Gasteiger charge is -2.35. The first-order chi connectivity index (χ1) is 9.54. The summed E-state index contributed by atoms with van der Waals surface area (Å²) in [5.41, 5.74) is -0.226. The number of halogens is 1. The minimum absolute atomic E-state index is 0.00109. The fourth-order valence-electron chi connectivity index (χ4n) is 2.45. The molecule has 1 saturated heterocycles. The summed E-state index contributed by atoms with van der Waals surface area (Å²) >= 11 is 6.72. The average Bonchev–Trinajstić information content (AvgIpc) is 2.81. The molecule has 1 aliphatic heterocycles. The van der Waals surface area contributed by atoms with E-state index in [4.69, 9.17) is 16.7 Å². The minimum Gasteiger partial charge on any atom is -0.396 e. The van der Waals surface area contributed by atoms with Gasteiger partial charge in [-0.2, -0.15) is 0 Å². The van der Waals surface area contributed by atoms with Crippen LogP contribution >= 0.6 is 22.9 Å². The molecule has 1 fully saturated rings. The van der Waals surface area contributed by atoms with Crippen molar-refractivity contribution in [3.63, 3.8) is 0 Å². The van der Waals surface area contributed by atoms with E-state index in [9.17, 15) is 14.9 Å². The summed E-state index contributed by atoms with van der Waals surface area (Å²) in [5.74, 6) is -0.233. The molecule has 1 aromatic heterocycles. The summed E-state index contributed by atoms with van der Waals surface area (Å²) < 4.78 is 0.0223. The van der Waals surface area contributed by atoms with Gasteiger partial charge in [-0.1, -0.05) is 11.6 Å². The lowest BCUT2D eigenvalue weighted by Crippen LogP contribution is -2.43. The van der Waals surface area contributed by atoms with E-state index < -0.39 is 4.92 Å². The molecule has 0 aromatic carbocycles. The third kappa shape index (κ3) is 3.11. The van der Waals surface area contributed by atoms with Crippen LogP contribution in [0.3, 0.4) is 0 Å². The fourth-order valence-corrected chi connectivity index (χ4v) is 3.63. The van der Waals surface area contributed by atoms with Crippen LogP contribution < -0.4 is 0 Å². The third-order valence-electron chi connectivity index (χ3n) is 3.43. The standard InChI is InChI=1S/C12H15ClN2O4S/c13-11-9(15(18)19)7-10(20-11)12(17)14-5-2-1-3-8(14)4-6-16/h7-8,16H,1-6H2. The van der Waals surface area contributed by atoms with Crippen LogP contribution in [0.2, 0.25) is 4.34 Å². The molecule has 1 aromatic rings. The molecule has 0 saturated carbocycles. The van der Waals surface area contributed by atoms with Gasteiger partial charge in [0.25, 0.3) is 11.6 Å². The van der Waals surface area contributed by atoms with Crippen LogP contribution in [-0.2, 0) is 0 Å². The molecule has 1 unspecified atom stereocenters. The number of carbonyl (C=O) groups excluding carboxylic acids is 1. The Kier molecular flexibility index (Phi) is 4.95.